The van der Waals surface area contributed by atoms with Crippen molar-refractivity contribution in [2.45, 2.75) is 58.4 Å². The Hall–Kier alpha value is -1.10. The van der Waals surface area contributed by atoms with E-state index in [1.165, 1.54) is 0 Å². The molecule has 1 rings (SSSR count). The van der Waals surface area contributed by atoms with Crippen molar-refractivity contribution in [3.8, 4) is 0 Å². The van der Waals surface area contributed by atoms with E-state index in [0.29, 0.717) is 0 Å². The first-order valence-electron chi connectivity index (χ1n) is 7.78. The molecule has 0 saturated carbocycles. The van der Waals surface area contributed by atoms with Gasteiger partial charge in [0.1, 0.15) is 0 Å². The van der Waals surface area contributed by atoms with E-state index < -0.39 is 5.97 Å². The number of aliphatic carboxylic acids is 1. The average molecular weight is 284 g/mol. The normalized spacial score (nSPS) is 18.7. The molecule has 5 heteroatoms. The molecule has 0 spiro atoms. The van der Waals surface area contributed by atoms with E-state index in [1.54, 1.807) is 0 Å². The van der Waals surface area contributed by atoms with Crippen LogP contribution in [0.2, 0.25) is 0 Å². The minimum atomic E-state index is -0.717. The van der Waals surface area contributed by atoms with Crippen molar-refractivity contribution in [1.82, 2.24) is 10.2 Å². The van der Waals surface area contributed by atoms with Gasteiger partial charge in [-0.05, 0) is 45.2 Å². The Morgan fingerprint density at radius 3 is 2.50 bits per heavy atom. The minimum absolute atomic E-state index is 0.0952. The Morgan fingerprint density at radius 2 is 1.95 bits per heavy atom. The number of hydrogen-bond acceptors (Lipinski definition) is 3. The molecule has 0 aliphatic carbocycles. The summed E-state index contributed by atoms with van der Waals surface area (Å²) in [6.45, 7) is 6.48. The summed E-state index contributed by atoms with van der Waals surface area (Å²) in [5.74, 6) is -0.355. The lowest BCUT2D eigenvalue weighted by molar-refractivity contribution is -0.138. The van der Waals surface area contributed by atoms with Gasteiger partial charge in [0, 0.05) is 13.0 Å². The molecule has 2 N–H and O–H groups in total. The maximum absolute atomic E-state index is 12.0. The molecule has 0 aromatic rings. The minimum Gasteiger partial charge on any atom is -0.481 e. The van der Waals surface area contributed by atoms with Crippen LogP contribution in [0.5, 0.6) is 0 Å². The zero-order valence-corrected chi connectivity index (χ0v) is 12.7. The topological polar surface area (TPSA) is 69.6 Å². The van der Waals surface area contributed by atoms with Crippen LogP contribution in [-0.2, 0) is 9.59 Å². The molecule has 0 bridgehead atoms. The summed E-state index contributed by atoms with van der Waals surface area (Å²) in [7, 11) is 0. The molecular formula is C15H28N2O3. The fourth-order valence-electron chi connectivity index (χ4n) is 2.69. The van der Waals surface area contributed by atoms with E-state index in [1.807, 2.05) is 6.92 Å². The Morgan fingerprint density at radius 1 is 1.30 bits per heavy atom. The molecule has 1 fully saturated rings. The van der Waals surface area contributed by atoms with Gasteiger partial charge < -0.3 is 10.4 Å². The van der Waals surface area contributed by atoms with Crippen molar-refractivity contribution in [2.24, 2.45) is 5.92 Å². The number of unbranched alkanes of at least 4 members (excludes halogenated alkanes) is 2. The molecule has 116 valence electrons. The van der Waals surface area contributed by atoms with E-state index in [0.717, 1.165) is 51.7 Å². The summed E-state index contributed by atoms with van der Waals surface area (Å²) in [4.78, 5) is 24.9. The molecular weight excluding hydrogens is 256 g/mol. The summed E-state index contributed by atoms with van der Waals surface area (Å²) in [5.41, 5.74) is 0. The van der Waals surface area contributed by atoms with Gasteiger partial charge in [0.05, 0.1) is 6.04 Å². The molecule has 1 saturated heterocycles. The van der Waals surface area contributed by atoms with Crippen LogP contribution in [0.4, 0.5) is 0 Å². The Bertz CT molecular complexity index is 312. The Kier molecular flexibility index (Phi) is 7.59. The third kappa shape index (κ3) is 5.90. The van der Waals surface area contributed by atoms with Gasteiger partial charge >= 0.3 is 5.97 Å². The van der Waals surface area contributed by atoms with E-state index in [4.69, 9.17) is 5.11 Å². The second-order valence-corrected chi connectivity index (χ2v) is 5.75. The average Bonchev–Trinajstić information content (AvgIpc) is 2.43. The summed E-state index contributed by atoms with van der Waals surface area (Å²) in [6, 6.07) is -0.109. The van der Waals surface area contributed by atoms with Crippen LogP contribution in [0.3, 0.4) is 0 Å². The smallest absolute Gasteiger partial charge is 0.303 e. The molecule has 1 amide bonds. The van der Waals surface area contributed by atoms with E-state index in [9.17, 15) is 9.59 Å². The highest BCUT2D eigenvalue weighted by atomic mass is 16.4. The number of carbonyl (C=O) groups is 2. The first-order chi connectivity index (χ1) is 9.54. The molecule has 5 nitrogen and oxygen atoms in total. The highest BCUT2D eigenvalue weighted by Crippen LogP contribution is 2.21. The number of piperidine rings is 1. The van der Waals surface area contributed by atoms with Crippen LogP contribution in [-0.4, -0.2) is 47.6 Å². The largest absolute Gasteiger partial charge is 0.481 e. The summed E-state index contributed by atoms with van der Waals surface area (Å²) in [6.07, 6.45) is 5.35. The van der Waals surface area contributed by atoms with Crippen LogP contribution in [0.1, 0.15) is 52.4 Å². The maximum Gasteiger partial charge on any atom is 0.303 e. The summed E-state index contributed by atoms with van der Waals surface area (Å²) in [5, 5.41) is 11.8. The number of likely N-dealkylation sites (tertiary alicyclic amines) is 1. The Labute approximate surface area is 121 Å². The predicted octanol–water partition coefficient (Wildman–Crippen LogP) is 1.87. The molecule has 1 aliphatic heterocycles. The molecule has 1 heterocycles. The highest BCUT2D eigenvalue weighted by molar-refractivity contribution is 5.81. The van der Waals surface area contributed by atoms with Crippen molar-refractivity contribution in [1.29, 1.82) is 0 Å². The predicted molar refractivity (Wildman–Crippen MR) is 78.5 cm³/mol. The van der Waals surface area contributed by atoms with Gasteiger partial charge in [-0.3, -0.25) is 14.5 Å². The first-order valence-corrected chi connectivity index (χ1v) is 7.78. The van der Waals surface area contributed by atoms with Crippen molar-refractivity contribution >= 4 is 11.9 Å². The van der Waals surface area contributed by atoms with Crippen molar-refractivity contribution in [2.75, 3.05) is 19.6 Å². The number of amides is 1. The molecule has 1 atom stereocenters. The summed E-state index contributed by atoms with van der Waals surface area (Å²) < 4.78 is 0. The van der Waals surface area contributed by atoms with Gasteiger partial charge in [0.2, 0.25) is 5.91 Å². The van der Waals surface area contributed by atoms with Gasteiger partial charge in [0.25, 0.3) is 0 Å². The van der Waals surface area contributed by atoms with Gasteiger partial charge in [-0.1, -0.05) is 19.8 Å². The lowest BCUT2D eigenvalue weighted by Crippen LogP contribution is -2.48. The lowest BCUT2D eigenvalue weighted by atomic mass is 9.93. The lowest BCUT2D eigenvalue weighted by Gasteiger charge is -2.34. The van der Waals surface area contributed by atoms with Crippen LogP contribution in [0.15, 0.2) is 0 Å². The van der Waals surface area contributed by atoms with E-state index in [-0.39, 0.29) is 24.3 Å². The van der Waals surface area contributed by atoms with Crippen LogP contribution in [0, 0.1) is 5.92 Å². The van der Waals surface area contributed by atoms with Gasteiger partial charge in [0.15, 0.2) is 0 Å². The SMILES string of the molecule is CCCCCNC(=O)C(C)N1CCC(CC(=O)O)CC1. The zero-order chi connectivity index (χ0) is 15.0. The summed E-state index contributed by atoms with van der Waals surface area (Å²) >= 11 is 0. The molecule has 0 radical (unpaired) electrons. The van der Waals surface area contributed by atoms with Crippen molar-refractivity contribution < 1.29 is 14.7 Å². The number of nitrogens with zero attached hydrogens (tertiary/aromatic N) is 1. The van der Waals surface area contributed by atoms with Gasteiger partial charge in [-0.15, -0.1) is 0 Å². The highest BCUT2D eigenvalue weighted by Gasteiger charge is 2.27. The number of carboxylic acids is 1. The number of nitrogens with one attached hydrogen (secondary N) is 1. The van der Waals surface area contributed by atoms with E-state index >= 15 is 0 Å². The Balaban J connectivity index is 2.25. The molecule has 0 aromatic carbocycles. The monoisotopic (exact) mass is 284 g/mol. The first kappa shape index (κ1) is 17.0. The van der Waals surface area contributed by atoms with Crippen molar-refractivity contribution in [3.05, 3.63) is 0 Å². The van der Waals surface area contributed by atoms with Gasteiger partial charge in [-0.25, -0.2) is 0 Å². The molecule has 20 heavy (non-hydrogen) atoms. The third-order valence-corrected chi connectivity index (χ3v) is 4.12. The number of carboxylic acid groups (broad SMARTS) is 1. The van der Waals surface area contributed by atoms with Crippen LogP contribution < -0.4 is 5.32 Å². The van der Waals surface area contributed by atoms with Crippen LogP contribution in [0.25, 0.3) is 0 Å². The molecule has 0 aromatic heterocycles. The van der Waals surface area contributed by atoms with Crippen LogP contribution >= 0.6 is 0 Å². The number of carbonyl (C=O) groups excluding carboxylic acids is 1. The second kappa shape index (κ2) is 8.95. The number of hydrogen-bond donors (Lipinski definition) is 2. The zero-order valence-electron chi connectivity index (χ0n) is 12.7. The van der Waals surface area contributed by atoms with Gasteiger partial charge in [-0.2, -0.15) is 0 Å². The second-order valence-electron chi connectivity index (χ2n) is 5.75. The standard InChI is InChI=1S/C15H28N2O3/c1-3-4-5-8-16-15(20)12(2)17-9-6-13(7-10-17)11-14(18)19/h12-13H,3-11H2,1-2H3,(H,16,20)(H,18,19). The molecule has 1 aliphatic rings. The fraction of sp³-hybridized carbons (Fsp3) is 0.867. The number of rotatable bonds is 8. The van der Waals surface area contributed by atoms with Crippen molar-refractivity contribution in [3.63, 3.8) is 0 Å². The third-order valence-electron chi connectivity index (χ3n) is 4.12. The maximum atomic E-state index is 12.0. The van der Waals surface area contributed by atoms with E-state index in [2.05, 4.69) is 17.1 Å². The quantitative estimate of drug-likeness (QED) is 0.668. The molecule has 1 unspecified atom stereocenters. The fourth-order valence-corrected chi connectivity index (χ4v) is 2.69.